The van der Waals surface area contributed by atoms with Crippen molar-refractivity contribution in [3.8, 4) is 0 Å². The molecule has 1 aliphatic carbocycles. The predicted molar refractivity (Wildman–Crippen MR) is 56.8 cm³/mol. The van der Waals surface area contributed by atoms with E-state index in [1.54, 1.807) is 0 Å². The van der Waals surface area contributed by atoms with Gasteiger partial charge < -0.3 is 4.90 Å². The molecule has 1 heteroatoms. The van der Waals surface area contributed by atoms with E-state index in [9.17, 15) is 0 Å². The van der Waals surface area contributed by atoms with Crippen molar-refractivity contribution in [2.24, 2.45) is 11.3 Å². The third kappa shape index (κ3) is 1.32. The maximum Gasteiger partial charge on any atom is 0.0152 e. The second kappa shape index (κ2) is 3.27. The van der Waals surface area contributed by atoms with Gasteiger partial charge in [-0.25, -0.2) is 0 Å². The summed E-state index contributed by atoms with van der Waals surface area (Å²) in [4.78, 5) is 2.61. The van der Waals surface area contributed by atoms with Gasteiger partial charge in [-0.05, 0) is 50.6 Å². The highest BCUT2D eigenvalue weighted by Gasteiger charge is 2.48. The molecule has 0 aromatic carbocycles. The fourth-order valence-corrected chi connectivity index (χ4v) is 3.52. The van der Waals surface area contributed by atoms with Gasteiger partial charge in [-0.2, -0.15) is 0 Å². The molecule has 76 valence electrons. The van der Waals surface area contributed by atoms with Crippen molar-refractivity contribution in [3.63, 3.8) is 0 Å². The SMILES string of the molecule is CC(C)C1(C2CCCN2C)CCC1. The molecule has 0 aromatic heterocycles. The van der Waals surface area contributed by atoms with Crippen molar-refractivity contribution in [2.75, 3.05) is 13.6 Å². The average molecular weight is 181 g/mol. The Hall–Kier alpha value is -0.0400. The zero-order valence-electron chi connectivity index (χ0n) is 9.34. The van der Waals surface area contributed by atoms with Crippen LogP contribution in [0.3, 0.4) is 0 Å². The highest BCUT2D eigenvalue weighted by Crippen LogP contribution is 2.53. The van der Waals surface area contributed by atoms with Crippen molar-refractivity contribution in [1.82, 2.24) is 4.90 Å². The third-order valence-electron chi connectivity index (χ3n) is 4.62. The molecule has 2 aliphatic rings. The molecule has 1 aliphatic heterocycles. The summed E-state index contributed by atoms with van der Waals surface area (Å²) in [7, 11) is 2.32. The lowest BCUT2D eigenvalue weighted by Crippen LogP contribution is -2.50. The number of hydrogen-bond donors (Lipinski definition) is 0. The van der Waals surface area contributed by atoms with Crippen LogP contribution in [0.25, 0.3) is 0 Å². The predicted octanol–water partition coefficient (Wildman–Crippen LogP) is 2.91. The zero-order valence-corrected chi connectivity index (χ0v) is 9.34. The van der Waals surface area contributed by atoms with Crippen LogP contribution in [0.1, 0.15) is 46.0 Å². The second-order valence-corrected chi connectivity index (χ2v) is 5.38. The standard InChI is InChI=1S/C12H23N/c1-10(2)12(7-5-8-12)11-6-4-9-13(11)3/h10-11H,4-9H2,1-3H3. The summed E-state index contributed by atoms with van der Waals surface area (Å²) in [6, 6.07) is 0.904. The largest absolute Gasteiger partial charge is 0.303 e. The second-order valence-electron chi connectivity index (χ2n) is 5.38. The van der Waals surface area contributed by atoms with Gasteiger partial charge in [0.2, 0.25) is 0 Å². The van der Waals surface area contributed by atoms with E-state index in [-0.39, 0.29) is 0 Å². The number of likely N-dealkylation sites (tertiary alicyclic amines) is 1. The first-order valence-corrected chi connectivity index (χ1v) is 5.87. The Labute approximate surface area is 82.5 Å². The summed E-state index contributed by atoms with van der Waals surface area (Å²) in [5.41, 5.74) is 0.700. The van der Waals surface area contributed by atoms with Crippen LogP contribution in [0.15, 0.2) is 0 Å². The van der Waals surface area contributed by atoms with Gasteiger partial charge in [0.05, 0.1) is 0 Å². The fourth-order valence-electron chi connectivity index (χ4n) is 3.52. The molecule has 2 fully saturated rings. The lowest BCUT2D eigenvalue weighted by atomic mass is 9.57. The van der Waals surface area contributed by atoms with Gasteiger partial charge in [0.1, 0.15) is 0 Å². The van der Waals surface area contributed by atoms with E-state index in [4.69, 9.17) is 0 Å². The maximum atomic E-state index is 2.61. The van der Waals surface area contributed by atoms with Gasteiger partial charge in [0.25, 0.3) is 0 Å². The van der Waals surface area contributed by atoms with Gasteiger partial charge in [0.15, 0.2) is 0 Å². The van der Waals surface area contributed by atoms with Gasteiger partial charge >= 0.3 is 0 Å². The van der Waals surface area contributed by atoms with Gasteiger partial charge in [-0.15, -0.1) is 0 Å². The van der Waals surface area contributed by atoms with Crippen LogP contribution in [0.4, 0.5) is 0 Å². The first-order valence-electron chi connectivity index (χ1n) is 5.87. The quantitative estimate of drug-likeness (QED) is 0.633. The molecule has 1 saturated carbocycles. The molecule has 1 unspecified atom stereocenters. The van der Waals surface area contributed by atoms with E-state index < -0.39 is 0 Å². The van der Waals surface area contributed by atoms with Crippen LogP contribution in [0, 0.1) is 11.3 Å². The van der Waals surface area contributed by atoms with Crippen molar-refractivity contribution < 1.29 is 0 Å². The monoisotopic (exact) mass is 181 g/mol. The lowest BCUT2D eigenvalue weighted by Gasteiger charge is -2.52. The highest BCUT2D eigenvalue weighted by molar-refractivity contribution is 5.01. The Bertz CT molecular complexity index is 182. The van der Waals surface area contributed by atoms with Gasteiger partial charge in [-0.3, -0.25) is 0 Å². The summed E-state index contributed by atoms with van der Waals surface area (Å²) < 4.78 is 0. The molecule has 0 aromatic rings. The number of nitrogens with zero attached hydrogens (tertiary/aromatic N) is 1. The summed E-state index contributed by atoms with van der Waals surface area (Å²) in [6.45, 7) is 6.18. The Morgan fingerprint density at radius 3 is 2.23 bits per heavy atom. The van der Waals surface area contributed by atoms with Crippen LogP contribution in [0.2, 0.25) is 0 Å². The molecule has 13 heavy (non-hydrogen) atoms. The minimum Gasteiger partial charge on any atom is -0.303 e. The zero-order chi connectivity index (χ0) is 9.47. The van der Waals surface area contributed by atoms with Gasteiger partial charge in [-0.1, -0.05) is 20.3 Å². The van der Waals surface area contributed by atoms with Crippen molar-refractivity contribution in [2.45, 2.75) is 52.0 Å². The molecule has 0 bridgehead atoms. The van der Waals surface area contributed by atoms with E-state index in [1.807, 2.05) is 0 Å². The number of rotatable bonds is 2. The molecule has 2 rings (SSSR count). The smallest absolute Gasteiger partial charge is 0.0152 e. The van der Waals surface area contributed by atoms with Crippen LogP contribution in [-0.2, 0) is 0 Å². The minimum absolute atomic E-state index is 0.700. The summed E-state index contributed by atoms with van der Waals surface area (Å²) in [5.74, 6) is 0.881. The van der Waals surface area contributed by atoms with Crippen molar-refractivity contribution in [1.29, 1.82) is 0 Å². The molecule has 1 nitrogen and oxygen atoms in total. The molecule has 0 spiro atoms. The summed E-state index contributed by atoms with van der Waals surface area (Å²) in [5, 5.41) is 0. The maximum absolute atomic E-state index is 2.61. The van der Waals surface area contributed by atoms with Crippen molar-refractivity contribution >= 4 is 0 Å². The molecule has 1 atom stereocenters. The van der Waals surface area contributed by atoms with Crippen LogP contribution < -0.4 is 0 Å². The first-order chi connectivity index (χ1) is 6.17. The summed E-state index contributed by atoms with van der Waals surface area (Å²) >= 11 is 0. The highest BCUT2D eigenvalue weighted by atomic mass is 15.2. The lowest BCUT2D eigenvalue weighted by molar-refractivity contribution is -0.0139. The fraction of sp³-hybridized carbons (Fsp3) is 1.00. The third-order valence-corrected chi connectivity index (χ3v) is 4.62. The van der Waals surface area contributed by atoms with Gasteiger partial charge in [0, 0.05) is 6.04 Å². The Balaban J connectivity index is 2.11. The van der Waals surface area contributed by atoms with Crippen LogP contribution in [-0.4, -0.2) is 24.5 Å². The van der Waals surface area contributed by atoms with Crippen LogP contribution in [0.5, 0.6) is 0 Å². The average Bonchev–Trinajstić information content (AvgIpc) is 2.34. The van der Waals surface area contributed by atoms with E-state index in [1.165, 1.54) is 38.6 Å². The molecular weight excluding hydrogens is 158 g/mol. The van der Waals surface area contributed by atoms with E-state index in [0.717, 1.165) is 12.0 Å². The Morgan fingerprint density at radius 1 is 1.23 bits per heavy atom. The topological polar surface area (TPSA) is 3.24 Å². The van der Waals surface area contributed by atoms with E-state index in [2.05, 4.69) is 25.8 Å². The normalized spacial score (nSPS) is 33.7. The molecule has 1 heterocycles. The first kappa shape index (κ1) is 9.51. The number of hydrogen-bond acceptors (Lipinski definition) is 1. The molecule has 0 radical (unpaired) electrons. The molecule has 0 amide bonds. The molecular formula is C12H23N. The van der Waals surface area contributed by atoms with E-state index in [0.29, 0.717) is 5.41 Å². The van der Waals surface area contributed by atoms with Crippen LogP contribution >= 0.6 is 0 Å². The summed E-state index contributed by atoms with van der Waals surface area (Å²) in [6.07, 6.45) is 7.33. The van der Waals surface area contributed by atoms with E-state index >= 15 is 0 Å². The molecule has 1 saturated heterocycles. The van der Waals surface area contributed by atoms with Crippen molar-refractivity contribution in [3.05, 3.63) is 0 Å². The minimum atomic E-state index is 0.700. The molecule has 0 N–H and O–H groups in total. The Kier molecular flexibility index (Phi) is 2.39. The Morgan fingerprint density at radius 2 is 1.92 bits per heavy atom.